The minimum absolute atomic E-state index is 0.256. The van der Waals surface area contributed by atoms with Crippen LogP contribution in [-0.2, 0) is 6.42 Å². The lowest BCUT2D eigenvalue weighted by Crippen LogP contribution is -2.20. The molecule has 2 aromatic rings. The Hall–Kier alpha value is -0.970. The van der Waals surface area contributed by atoms with Gasteiger partial charge in [0.1, 0.15) is 11.6 Å². The zero-order chi connectivity index (χ0) is 14.7. The van der Waals surface area contributed by atoms with Crippen LogP contribution in [0, 0.1) is 11.6 Å². The predicted molar refractivity (Wildman–Crippen MR) is 81.0 cm³/mol. The Balaban J connectivity index is 2.34. The molecule has 1 unspecified atom stereocenters. The highest BCUT2D eigenvalue weighted by molar-refractivity contribution is 9.10. The maximum Gasteiger partial charge on any atom is 0.129 e. The van der Waals surface area contributed by atoms with E-state index in [4.69, 9.17) is 11.6 Å². The van der Waals surface area contributed by atoms with Crippen LogP contribution in [0.15, 0.2) is 40.9 Å². The quantitative estimate of drug-likeness (QED) is 0.819. The topological polar surface area (TPSA) is 12.0 Å². The molecule has 1 nitrogen and oxygen atoms in total. The Morgan fingerprint density at radius 1 is 1.25 bits per heavy atom. The first-order chi connectivity index (χ1) is 9.52. The molecule has 0 aliphatic heterocycles. The molecule has 0 saturated heterocycles. The number of benzene rings is 2. The largest absolute Gasteiger partial charge is 0.313 e. The average molecular weight is 361 g/mol. The first-order valence-corrected chi connectivity index (χ1v) is 7.25. The summed E-state index contributed by atoms with van der Waals surface area (Å²) in [5, 5.41) is 3.41. The predicted octanol–water partition coefficient (Wildman–Crippen LogP) is 4.88. The zero-order valence-electron chi connectivity index (χ0n) is 10.8. The van der Waals surface area contributed by atoms with E-state index in [0.717, 1.165) is 5.56 Å². The van der Waals surface area contributed by atoms with E-state index in [1.165, 1.54) is 18.2 Å². The van der Waals surface area contributed by atoms with Gasteiger partial charge in [-0.05, 0) is 43.3 Å². The van der Waals surface area contributed by atoms with Crippen molar-refractivity contribution < 1.29 is 8.78 Å². The Morgan fingerprint density at radius 3 is 2.60 bits per heavy atom. The van der Waals surface area contributed by atoms with Crippen LogP contribution < -0.4 is 5.32 Å². The second kappa shape index (κ2) is 6.66. The summed E-state index contributed by atoms with van der Waals surface area (Å²) in [6.07, 6.45) is 0.467. The van der Waals surface area contributed by atoms with Crippen molar-refractivity contribution in [2.24, 2.45) is 0 Å². The molecular formula is C15H13BrClF2N. The molecule has 5 heteroatoms. The number of nitrogens with one attached hydrogen (secondary N) is 1. The molecule has 0 aliphatic rings. The van der Waals surface area contributed by atoms with Gasteiger partial charge in [0.25, 0.3) is 0 Å². The number of hydrogen-bond acceptors (Lipinski definition) is 1. The minimum atomic E-state index is -0.383. The lowest BCUT2D eigenvalue weighted by atomic mass is 9.98. The standard InChI is InChI=1S/C15H13BrClF2N/c1-20-14(15-11(16)3-2-4-13(15)19)7-9-5-6-10(18)8-12(9)17/h2-6,8,14,20H,7H2,1H3. The van der Waals surface area contributed by atoms with Gasteiger partial charge in [-0.3, -0.25) is 0 Å². The molecule has 0 saturated carbocycles. The summed E-state index contributed by atoms with van der Waals surface area (Å²) in [4.78, 5) is 0. The third-order valence-corrected chi connectivity index (χ3v) is 4.18. The highest BCUT2D eigenvalue weighted by Gasteiger charge is 2.18. The van der Waals surface area contributed by atoms with Crippen LogP contribution in [0.5, 0.6) is 0 Å². The van der Waals surface area contributed by atoms with Crippen molar-refractivity contribution in [1.29, 1.82) is 0 Å². The molecule has 0 radical (unpaired) electrons. The molecule has 2 rings (SSSR count). The number of rotatable bonds is 4. The highest BCUT2D eigenvalue weighted by atomic mass is 79.9. The molecule has 0 aromatic heterocycles. The van der Waals surface area contributed by atoms with Gasteiger partial charge < -0.3 is 5.32 Å². The third-order valence-electron chi connectivity index (χ3n) is 3.14. The SMILES string of the molecule is CNC(Cc1ccc(F)cc1Cl)c1c(F)cccc1Br. The third kappa shape index (κ3) is 3.37. The second-order valence-corrected chi connectivity index (χ2v) is 5.68. The number of likely N-dealkylation sites (N-methyl/N-ethyl adjacent to an activating group) is 1. The van der Waals surface area contributed by atoms with Crippen LogP contribution in [0.2, 0.25) is 5.02 Å². The van der Waals surface area contributed by atoms with E-state index in [0.29, 0.717) is 21.5 Å². The van der Waals surface area contributed by atoms with Crippen molar-refractivity contribution in [3.63, 3.8) is 0 Å². The Bertz CT molecular complexity index is 599. The number of halogens is 4. The molecular weight excluding hydrogens is 348 g/mol. The van der Waals surface area contributed by atoms with Gasteiger partial charge >= 0.3 is 0 Å². The van der Waals surface area contributed by atoms with Crippen molar-refractivity contribution >= 4 is 27.5 Å². The molecule has 0 fully saturated rings. The lowest BCUT2D eigenvalue weighted by Gasteiger charge is -2.19. The molecule has 106 valence electrons. The fraction of sp³-hybridized carbons (Fsp3) is 0.200. The van der Waals surface area contributed by atoms with Crippen molar-refractivity contribution in [3.05, 3.63) is 68.7 Å². The first kappa shape index (κ1) is 15.4. The summed E-state index contributed by atoms with van der Waals surface area (Å²) in [5.74, 6) is -0.677. The van der Waals surface area contributed by atoms with Gasteiger partial charge in [0.15, 0.2) is 0 Å². The minimum Gasteiger partial charge on any atom is -0.313 e. The van der Waals surface area contributed by atoms with E-state index in [1.807, 2.05) is 0 Å². The second-order valence-electron chi connectivity index (χ2n) is 4.42. The molecule has 0 spiro atoms. The number of hydrogen-bond donors (Lipinski definition) is 1. The molecule has 0 aliphatic carbocycles. The van der Waals surface area contributed by atoms with Gasteiger partial charge in [0.2, 0.25) is 0 Å². The van der Waals surface area contributed by atoms with Crippen LogP contribution in [0.4, 0.5) is 8.78 Å². The summed E-state index contributed by atoms with van der Waals surface area (Å²) in [6, 6.07) is 8.82. The summed E-state index contributed by atoms with van der Waals surface area (Å²) in [6.45, 7) is 0. The van der Waals surface area contributed by atoms with E-state index in [9.17, 15) is 8.78 Å². The maximum atomic E-state index is 14.0. The molecule has 1 atom stereocenters. The fourth-order valence-corrected chi connectivity index (χ4v) is 2.96. The lowest BCUT2D eigenvalue weighted by molar-refractivity contribution is 0.531. The Morgan fingerprint density at radius 2 is 2.00 bits per heavy atom. The first-order valence-electron chi connectivity index (χ1n) is 6.08. The van der Waals surface area contributed by atoms with Gasteiger partial charge in [-0.25, -0.2) is 8.78 Å². The van der Waals surface area contributed by atoms with Crippen molar-refractivity contribution in [2.45, 2.75) is 12.5 Å². The molecule has 2 aromatic carbocycles. The molecule has 0 heterocycles. The van der Waals surface area contributed by atoms with Gasteiger partial charge in [0, 0.05) is 21.1 Å². The van der Waals surface area contributed by atoms with Crippen molar-refractivity contribution in [3.8, 4) is 0 Å². The summed E-state index contributed by atoms with van der Waals surface area (Å²) in [5.41, 5.74) is 1.30. The van der Waals surface area contributed by atoms with Crippen LogP contribution in [-0.4, -0.2) is 7.05 Å². The fourth-order valence-electron chi connectivity index (χ4n) is 2.10. The van der Waals surface area contributed by atoms with Crippen LogP contribution >= 0.6 is 27.5 Å². The monoisotopic (exact) mass is 359 g/mol. The van der Waals surface area contributed by atoms with Crippen molar-refractivity contribution in [2.75, 3.05) is 7.05 Å². The van der Waals surface area contributed by atoms with Gasteiger partial charge in [-0.15, -0.1) is 0 Å². The van der Waals surface area contributed by atoms with Gasteiger partial charge in [-0.1, -0.05) is 39.7 Å². The van der Waals surface area contributed by atoms with Crippen LogP contribution in [0.1, 0.15) is 17.2 Å². The highest BCUT2D eigenvalue weighted by Crippen LogP contribution is 2.30. The molecule has 0 bridgehead atoms. The van der Waals surface area contributed by atoms with Crippen LogP contribution in [0.25, 0.3) is 0 Å². The Labute approximate surface area is 130 Å². The van der Waals surface area contributed by atoms with Crippen molar-refractivity contribution in [1.82, 2.24) is 5.32 Å². The molecule has 1 N–H and O–H groups in total. The summed E-state index contributed by atoms with van der Waals surface area (Å²) < 4.78 is 27.7. The summed E-state index contributed by atoms with van der Waals surface area (Å²) in [7, 11) is 1.75. The van der Waals surface area contributed by atoms with E-state index in [-0.39, 0.29) is 17.7 Å². The normalized spacial score (nSPS) is 12.4. The van der Waals surface area contributed by atoms with E-state index < -0.39 is 0 Å². The van der Waals surface area contributed by atoms with E-state index in [1.54, 1.807) is 25.2 Å². The summed E-state index contributed by atoms with van der Waals surface area (Å²) >= 11 is 9.38. The molecule has 0 amide bonds. The molecule has 20 heavy (non-hydrogen) atoms. The van der Waals surface area contributed by atoms with E-state index >= 15 is 0 Å². The average Bonchev–Trinajstić information content (AvgIpc) is 2.39. The zero-order valence-corrected chi connectivity index (χ0v) is 13.1. The Kier molecular flexibility index (Phi) is 5.13. The smallest absolute Gasteiger partial charge is 0.129 e. The van der Waals surface area contributed by atoms with Gasteiger partial charge in [-0.2, -0.15) is 0 Å². The van der Waals surface area contributed by atoms with Crippen LogP contribution in [0.3, 0.4) is 0 Å². The van der Waals surface area contributed by atoms with Gasteiger partial charge in [0.05, 0.1) is 0 Å². The maximum absolute atomic E-state index is 14.0. The van der Waals surface area contributed by atoms with E-state index in [2.05, 4.69) is 21.2 Å².